The quantitative estimate of drug-likeness (QED) is 0.0268. The first kappa shape index (κ1) is 59.9. The molecular formula is C55H98O9. The molecule has 1 rings (SSSR count). The molecule has 1 aliphatic rings. The fourth-order valence-corrected chi connectivity index (χ4v) is 7.76. The van der Waals surface area contributed by atoms with Gasteiger partial charge in [0.25, 0.3) is 0 Å². The summed E-state index contributed by atoms with van der Waals surface area (Å²) < 4.78 is 22.9. The van der Waals surface area contributed by atoms with Crippen LogP contribution in [0.1, 0.15) is 219 Å². The molecule has 9 heteroatoms. The Labute approximate surface area is 392 Å². The third-order valence-electron chi connectivity index (χ3n) is 11.9. The smallest absolute Gasteiger partial charge is 0.306 e. The van der Waals surface area contributed by atoms with Crippen molar-refractivity contribution in [1.82, 2.24) is 0 Å². The van der Waals surface area contributed by atoms with E-state index < -0.39 is 43.4 Å². The molecule has 0 radical (unpaired) electrons. The Morgan fingerprint density at radius 2 is 0.906 bits per heavy atom. The minimum Gasteiger partial charge on any atom is -0.457 e. The Morgan fingerprint density at radius 3 is 1.39 bits per heavy atom. The molecule has 9 nitrogen and oxygen atoms in total. The highest BCUT2D eigenvalue weighted by atomic mass is 16.7. The molecule has 0 bridgehead atoms. The number of carbonyl (C=O) groups is 1. The van der Waals surface area contributed by atoms with Gasteiger partial charge in [-0.3, -0.25) is 4.79 Å². The van der Waals surface area contributed by atoms with Gasteiger partial charge in [0, 0.05) is 13.0 Å². The number of hydrogen-bond acceptors (Lipinski definition) is 9. The molecular weight excluding hydrogens is 805 g/mol. The molecule has 1 saturated heterocycles. The summed E-state index contributed by atoms with van der Waals surface area (Å²) in [7, 11) is 0. The van der Waals surface area contributed by atoms with Crippen LogP contribution >= 0.6 is 0 Å². The molecule has 1 heterocycles. The van der Waals surface area contributed by atoms with Crippen LogP contribution in [-0.4, -0.2) is 89.6 Å². The highest BCUT2D eigenvalue weighted by Crippen LogP contribution is 2.23. The van der Waals surface area contributed by atoms with Crippen molar-refractivity contribution in [2.24, 2.45) is 0 Å². The average Bonchev–Trinajstić information content (AvgIpc) is 3.30. The van der Waals surface area contributed by atoms with Crippen molar-refractivity contribution in [3.63, 3.8) is 0 Å². The summed E-state index contributed by atoms with van der Waals surface area (Å²) in [5.74, 6) is -0.322. The van der Waals surface area contributed by atoms with Crippen molar-refractivity contribution in [1.29, 1.82) is 0 Å². The summed E-state index contributed by atoms with van der Waals surface area (Å²) in [6.07, 6.45) is 52.5. The summed E-state index contributed by atoms with van der Waals surface area (Å²) >= 11 is 0. The first-order chi connectivity index (χ1) is 31.4. The first-order valence-corrected chi connectivity index (χ1v) is 26.4. The van der Waals surface area contributed by atoms with Gasteiger partial charge >= 0.3 is 5.97 Å². The van der Waals surface area contributed by atoms with E-state index in [1.807, 2.05) is 0 Å². The molecule has 0 amide bonds. The standard InChI is InChI=1S/C55H98O9/c1-3-5-7-9-11-13-15-17-19-21-23-25-26-28-30-32-34-36-38-40-42-44-51(57)63-49(48-62-55-54(60)53(59)52(58)50(46-56)64-55)47-61-45-43-41-39-37-35-33-31-29-27-24-22-20-18-16-14-12-10-8-6-4-2/h12,14-15,17-18,20-21,23-24,27,49-50,52-56,58-60H,3-11,13,16,19,22,25-26,28-48H2,1-2H3/b14-12-,17-15-,20-18-,23-21-,27-24-. The second-order valence-corrected chi connectivity index (χ2v) is 18.0. The van der Waals surface area contributed by atoms with E-state index >= 15 is 0 Å². The predicted octanol–water partition coefficient (Wildman–Crippen LogP) is 13.0. The lowest BCUT2D eigenvalue weighted by atomic mass is 9.99. The summed E-state index contributed by atoms with van der Waals surface area (Å²) in [4.78, 5) is 12.9. The number of allylic oxidation sites excluding steroid dienone is 10. The highest BCUT2D eigenvalue weighted by Gasteiger charge is 2.44. The van der Waals surface area contributed by atoms with Crippen molar-refractivity contribution < 1.29 is 44.2 Å². The summed E-state index contributed by atoms with van der Waals surface area (Å²) in [5, 5.41) is 40.3. The van der Waals surface area contributed by atoms with E-state index in [-0.39, 0.29) is 19.2 Å². The van der Waals surface area contributed by atoms with Gasteiger partial charge in [-0.15, -0.1) is 0 Å². The van der Waals surface area contributed by atoms with Crippen molar-refractivity contribution in [3.05, 3.63) is 60.8 Å². The zero-order valence-corrected chi connectivity index (χ0v) is 41.0. The minimum absolute atomic E-state index is 0.121. The molecule has 0 aromatic heterocycles. The van der Waals surface area contributed by atoms with Crippen LogP contribution in [0, 0.1) is 0 Å². The largest absolute Gasteiger partial charge is 0.457 e. The molecule has 1 aliphatic heterocycles. The van der Waals surface area contributed by atoms with Gasteiger partial charge in [0.1, 0.15) is 30.5 Å². The van der Waals surface area contributed by atoms with Gasteiger partial charge < -0.3 is 39.4 Å². The van der Waals surface area contributed by atoms with Crippen molar-refractivity contribution in [2.75, 3.05) is 26.4 Å². The van der Waals surface area contributed by atoms with E-state index in [9.17, 15) is 25.2 Å². The molecule has 6 atom stereocenters. The maximum Gasteiger partial charge on any atom is 0.306 e. The molecule has 4 N–H and O–H groups in total. The molecule has 0 aromatic rings. The van der Waals surface area contributed by atoms with Crippen LogP contribution in [0.5, 0.6) is 0 Å². The third kappa shape index (κ3) is 36.1. The normalized spacial score (nSPS) is 20.0. The van der Waals surface area contributed by atoms with Crippen molar-refractivity contribution >= 4 is 5.97 Å². The topological polar surface area (TPSA) is 135 Å². The van der Waals surface area contributed by atoms with E-state index in [0.717, 1.165) is 64.2 Å². The van der Waals surface area contributed by atoms with Gasteiger partial charge in [-0.1, -0.05) is 190 Å². The van der Waals surface area contributed by atoms with Gasteiger partial charge in [0.15, 0.2) is 6.29 Å². The van der Waals surface area contributed by atoms with Gasteiger partial charge in [-0.2, -0.15) is 0 Å². The fraction of sp³-hybridized carbons (Fsp3) is 0.800. The number of rotatable bonds is 45. The number of carbonyl (C=O) groups excluding carboxylic acids is 1. The van der Waals surface area contributed by atoms with Crippen LogP contribution in [0.25, 0.3) is 0 Å². The monoisotopic (exact) mass is 903 g/mol. The molecule has 0 aliphatic carbocycles. The average molecular weight is 903 g/mol. The Bertz CT molecular complexity index is 1160. The number of aliphatic hydroxyl groups is 4. The molecule has 6 unspecified atom stereocenters. The first-order valence-electron chi connectivity index (χ1n) is 26.4. The number of aliphatic hydroxyl groups excluding tert-OH is 4. The maximum absolute atomic E-state index is 12.9. The minimum atomic E-state index is -1.54. The zero-order valence-electron chi connectivity index (χ0n) is 41.0. The number of esters is 1. The Hall–Kier alpha value is -2.11. The Morgan fingerprint density at radius 1 is 0.500 bits per heavy atom. The summed E-state index contributed by atoms with van der Waals surface area (Å²) in [6.45, 7) is 4.51. The van der Waals surface area contributed by atoms with E-state index in [0.29, 0.717) is 13.0 Å². The summed E-state index contributed by atoms with van der Waals surface area (Å²) in [6, 6.07) is 0. The van der Waals surface area contributed by atoms with Crippen LogP contribution in [0.4, 0.5) is 0 Å². The molecule has 0 aromatic carbocycles. The van der Waals surface area contributed by atoms with Crippen LogP contribution in [0.3, 0.4) is 0 Å². The lowest BCUT2D eigenvalue weighted by molar-refractivity contribution is -0.305. The third-order valence-corrected chi connectivity index (χ3v) is 11.9. The number of ether oxygens (including phenoxy) is 4. The van der Waals surface area contributed by atoms with Crippen molar-refractivity contribution in [3.8, 4) is 0 Å². The Kier molecular flexibility index (Phi) is 43.1. The molecule has 1 fully saturated rings. The van der Waals surface area contributed by atoms with Crippen LogP contribution in [0.2, 0.25) is 0 Å². The molecule has 64 heavy (non-hydrogen) atoms. The zero-order chi connectivity index (χ0) is 46.4. The van der Waals surface area contributed by atoms with Crippen molar-refractivity contribution in [2.45, 2.75) is 256 Å². The van der Waals surface area contributed by atoms with Gasteiger partial charge in [-0.05, 0) is 83.5 Å². The van der Waals surface area contributed by atoms with E-state index in [1.54, 1.807) is 0 Å². The van der Waals surface area contributed by atoms with E-state index in [4.69, 9.17) is 18.9 Å². The number of unbranched alkanes of at least 4 members (excludes halogenated alkanes) is 24. The van der Waals surface area contributed by atoms with Gasteiger partial charge in [-0.25, -0.2) is 0 Å². The van der Waals surface area contributed by atoms with E-state index in [2.05, 4.69) is 74.6 Å². The summed E-state index contributed by atoms with van der Waals surface area (Å²) in [5.41, 5.74) is 0. The SMILES string of the molecule is CCCCC/C=C\C/C=C\C/C=C\CCCCCCCCCOCC(COC1OC(CO)C(O)C(O)C1O)OC(=O)CCCCCCCCCCC/C=C\C/C=C\CCCCCCC. The van der Waals surface area contributed by atoms with Gasteiger partial charge in [0.05, 0.1) is 19.8 Å². The Balaban J connectivity index is 2.22. The second kappa shape index (κ2) is 46.0. The second-order valence-electron chi connectivity index (χ2n) is 18.0. The molecule has 0 spiro atoms. The van der Waals surface area contributed by atoms with Gasteiger partial charge in [0.2, 0.25) is 0 Å². The van der Waals surface area contributed by atoms with Crippen LogP contribution < -0.4 is 0 Å². The van der Waals surface area contributed by atoms with Crippen LogP contribution in [-0.2, 0) is 23.7 Å². The number of hydrogen-bond donors (Lipinski definition) is 4. The molecule has 372 valence electrons. The molecule has 0 saturated carbocycles. The van der Waals surface area contributed by atoms with Crippen LogP contribution in [0.15, 0.2) is 60.8 Å². The predicted molar refractivity (Wildman–Crippen MR) is 265 cm³/mol. The fourth-order valence-electron chi connectivity index (χ4n) is 7.76. The lowest BCUT2D eigenvalue weighted by Gasteiger charge is -2.39. The maximum atomic E-state index is 12.9. The highest BCUT2D eigenvalue weighted by molar-refractivity contribution is 5.69. The lowest BCUT2D eigenvalue weighted by Crippen LogP contribution is -2.59. The van der Waals surface area contributed by atoms with E-state index in [1.165, 1.54) is 135 Å².